The minimum absolute atomic E-state index is 0.0203. The van der Waals surface area contributed by atoms with Crippen LogP contribution in [0, 0.1) is 0 Å². The van der Waals surface area contributed by atoms with Gasteiger partial charge in [-0.05, 0) is 48.1 Å². The molecule has 3 aromatic heterocycles. The summed E-state index contributed by atoms with van der Waals surface area (Å²) in [7, 11) is 1.71. The van der Waals surface area contributed by atoms with E-state index in [1.165, 1.54) is 5.69 Å². The van der Waals surface area contributed by atoms with Gasteiger partial charge in [0.25, 0.3) is 0 Å². The van der Waals surface area contributed by atoms with Gasteiger partial charge >= 0.3 is 0 Å². The number of nitrogens with zero attached hydrogens (tertiary/aromatic N) is 4. The molecule has 0 saturated carbocycles. The molecule has 144 valence electrons. The number of nitrogens with one attached hydrogen (secondary N) is 1. The van der Waals surface area contributed by atoms with Gasteiger partial charge in [0, 0.05) is 50.7 Å². The van der Waals surface area contributed by atoms with Gasteiger partial charge in [-0.3, -0.25) is 9.97 Å². The first-order valence-electron chi connectivity index (χ1n) is 9.29. The predicted molar refractivity (Wildman–Crippen MR) is 112 cm³/mol. The Bertz CT molecular complexity index is 915. The second-order valence-corrected chi connectivity index (χ2v) is 7.12. The van der Waals surface area contributed by atoms with Gasteiger partial charge < -0.3 is 19.5 Å². The molecule has 0 radical (unpaired) electrons. The molecule has 28 heavy (non-hydrogen) atoms. The molecule has 0 aliphatic carbocycles. The largest absolute Gasteiger partial charge is 0.383 e. The highest BCUT2D eigenvalue weighted by Crippen LogP contribution is 2.38. The lowest BCUT2D eigenvalue weighted by Gasteiger charge is -2.28. The average Bonchev–Trinajstić information content (AvgIpc) is 3.31. The molecule has 1 fully saturated rings. The molecule has 4 heterocycles. The maximum absolute atomic E-state index is 5.67. The Labute approximate surface area is 170 Å². The van der Waals surface area contributed by atoms with E-state index >= 15 is 0 Å². The predicted octanol–water partition coefficient (Wildman–Crippen LogP) is 2.95. The Morgan fingerprint density at radius 1 is 1.14 bits per heavy atom. The maximum atomic E-state index is 5.67. The molecule has 6 nitrogen and oxygen atoms in total. The fourth-order valence-corrected chi connectivity index (χ4v) is 4.02. The van der Waals surface area contributed by atoms with Crippen LogP contribution in [-0.4, -0.2) is 44.8 Å². The van der Waals surface area contributed by atoms with Crippen LogP contribution < -0.4 is 5.32 Å². The zero-order valence-electron chi connectivity index (χ0n) is 15.7. The maximum Gasteiger partial charge on any atom is 0.170 e. The summed E-state index contributed by atoms with van der Waals surface area (Å²) >= 11 is 5.67. The number of methoxy groups -OCH3 is 1. The van der Waals surface area contributed by atoms with Crippen molar-refractivity contribution in [3.8, 4) is 0 Å². The van der Waals surface area contributed by atoms with Gasteiger partial charge in [0.15, 0.2) is 5.11 Å². The van der Waals surface area contributed by atoms with Crippen LogP contribution in [0.15, 0.2) is 67.3 Å². The van der Waals surface area contributed by atoms with E-state index in [9.17, 15) is 0 Å². The zero-order valence-corrected chi connectivity index (χ0v) is 16.5. The smallest absolute Gasteiger partial charge is 0.170 e. The molecule has 0 unspecified atom stereocenters. The number of rotatable bonds is 7. The highest BCUT2D eigenvalue weighted by atomic mass is 32.1. The third-order valence-corrected chi connectivity index (χ3v) is 5.33. The third kappa shape index (κ3) is 3.76. The van der Waals surface area contributed by atoms with Crippen molar-refractivity contribution >= 4 is 17.3 Å². The van der Waals surface area contributed by atoms with Gasteiger partial charge in [-0.15, -0.1) is 0 Å². The molecule has 1 aliphatic heterocycles. The van der Waals surface area contributed by atoms with Crippen molar-refractivity contribution in [1.29, 1.82) is 0 Å². The summed E-state index contributed by atoms with van der Waals surface area (Å²) in [5.74, 6) is 0. The summed E-state index contributed by atoms with van der Waals surface area (Å²) in [6, 6.07) is 14.3. The molecule has 0 bridgehead atoms. The number of thiocarbonyl (C=S) groups is 1. The van der Waals surface area contributed by atoms with Crippen molar-refractivity contribution in [2.75, 3.05) is 20.3 Å². The van der Waals surface area contributed by atoms with Crippen LogP contribution in [0.1, 0.15) is 29.0 Å². The number of pyridine rings is 2. The van der Waals surface area contributed by atoms with E-state index in [0.717, 1.165) is 22.9 Å². The number of ether oxygens (including phenoxy) is 1. The molecule has 7 heteroatoms. The summed E-state index contributed by atoms with van der Waals surface area (Å²) in [5, 5.41) is 4.20. The van der Waals surface area contributed by atoms with E-state index in [1.54, 1.807) is 13.3 Å². The van der Waals surface area contributed by atoms with Crippen molar-refractivity contribution in [2.45, 2.75) is 18.6 Å². The lowest BCUT2D eigenvalue weighted by atomic mass is 10.0. The monoisotopic (exact) mass is 393 g/mol. The van der Waals surface area contributed by atoms with Crippen LogP contribution in [0.3, 0.4) is 0 Å². The molecule has 0 spiro atoms. The summed E-state index contributed by atoms with van der Waals surface area (Å²) in [4.78, 5) is 11.0. The first kappa shape index (κ1) is 18.6. The molecule has 4 rings (SSSR count). The number of hydrogen-bond donors (Lipinski definition) is 1. The van der Waals surface area contributed by atoms with Crippen LogP contribution in [-0.2, 0) is 11.3 Å². The van der Waals surface area contributed by atoms with Crippen molar-refractivity contribution in [3.63, 3.8) is 0 Å². The second kappa shape index (κ2) is 8.50. The standard InChI is InChI=1S/C21H23N5OS/c1-27-13-12-26-20(19(24-21(26)28)17-7-2-3-10-23-17)18-8-5-11-25(18)15-16-6-4-9-22-14-16/h2-11,14,19-20H,12-13,15H2,1H3,(H,24,28)/t19-,20-/m0/s1. The van der Waals surface area contributed by atoms with E-state index in [2.05, 4.69) is 49.1 Å². The average molecular weight is 394 g/mol. The van der Waals surface area contributed by atoms with Gasteiger partial charge in [-0.25, -0.2) is 0 Å². The molecule has 2 atom stereocenters. The van der Waals surface area contributed by atoms with Gasteiger partial charge in [0.1, 0.15) is 0 Å². The fourth-order valence-electron chi connectivity index (χ4n) is 3.69. The van der Waals surface area contributed by atoms with E-state index in [-0.39, 0.29) is 12.1 Å². The Kier molecular flexibility index (Phi) is 5.64. The first-order chi connectivity index (χ1) is 13.8. The second-order valence-electron chi connectivity index (χ2n) is 6.74. The lowest BCUT2D eigenvalue weighted by Crippen LogP contribution is -2.33. The minimum atomic E-state index is -0.0203. The van der Waals surface area contributed by atoms with Crippen molar-refractivity contribution in [2.24, 2.45) is 0 Å². The highest BCUT2D eigenvalue weighted by molar-refractivity contribution is 7.80. The van der Waals surface area contributed by atoms with Crippen molar-refractivity contribution in [3.05, 3.63) is 84.2 Å². The molecular weight excluding hydrogens is 370 g/mol. The van der Waals surface area contributed by atoms with E-state index < -0.39 is 0 Å². The molecule has 1 aliphatic rings. The van der Waals surface area contributed by atoms with E-state index in [1.807, 2.05) is 36.7 Å². The first-order valence-corrected chi connectivity index (χ1v) is 9.69. The molecule has 0 amide bonds. The van der Waals surface area contributed by atoms with Crippen LogP contribution in [0.2, 0.25) is 0 Å². The van der Waals surface area contributed by atoms with Gasteiger partial charge in [-0.1, -0.05) is 12.1 Å². The molecular formula is C21H23N5OS. The Hall–Kier alpha value is -2.77. The van der Waals surface area contributed by atoms with Gasteiger partial charge in [-0.2, -0.15) is 0 Å². The quantitative estimate of drug-likeness (QED) is 0.623. The topological polar surface area (TPSA) is 55.2 Å². The van der Waals surface area contributed by atoms with Crippen LogP contribution >= 0.6 is 12.2 Å². The molecule has 1 saturated heterocycles. The number of aromatic nitrogens is 3. The molecule has 3 aromatic rings. The zero-order chi connectivity index (χ0) is 19.3. The normalized spacial score (nSPS) is 19.0. The van der Waals surface area contributed by atoms with Gasteiger partial charge in [0.2, 0.25) is 0 Å². The van der Waals surface area contributed by atoms with Crippen LogP contribution in [0.5, 0.6) is 0 Å². The summed E-state index contributed by atoms with van der Waals surface area (Å²) in [6.45, 7) is 2.08. The summed E-state index contributed by atoms with van der Waals surface area (Å²) in [6.07, 6.45) is 7.63. The fraction of sp³-hybridized carbons (Fsp3) is 0.286. The van der Waals surface area contributed by atoms with Gasteiger partial charge in [0.05, 0.1) is 24.4 Å². The summed E-state index contributed by atoms with van der Waals surface area (Å²) in [5.41, 5.74) is 3.32. The summed E-state index contributed by atoms with van der Waals surface area (Å²) < 4.78 is 7.58. The Morgan fingerprint density at radius 3 is 2.82 bits per heavy atom. The van der Waals surface area contributed by atoms with E-state index in [0.29, 0.717) is 13.2 Å². The Morgan fingerprint density at radius 2 is 2.07 bits per heavy atom. The van der Waals surface area contributed by atoms with Crippen molar-refractivity contribution < 1.29 is 4.74 Å². The SMILES string of the molecule is COCCN1C(=S)N[C@@H](c2ccccn2)[C@@H]1c1cccn1Cc1cccnc1. The third-order valence-electron chi connectivity index (χ3n) is 4.98. The molecule has 0 aromatic carbocycles. The van der Waals surface area contributed by atoms with Crippen LogP contribution in [0.4, 0.5) is 0 Å². The minimum Gasteiger partial charge on any atom is -0.383 e. The highest BCUT2D eigenvalue weighted by Gasteiger charge is 2.40. The number of hydrogen-bond acceptors (Lipinski definition) is 4. The Balaban J connectivity index is 1.70. The van der Waals surface area contributed by atoms with Crippen LogP contribution in [0.25, 0.3) is 0 Å². The molecule has 1 N–H and O–H groups in total. The lowest BCUT2D eigenvalue weighted by molar-refractivity contribution is 0.162. The van der Waals surface area contributed by atoms with Crippen molar-refractivity contribution in [1.82, 2.24) is 24.8 Å². The van der Waals surface area contributed by atoms with E-state index in [4.69, 9.17) is 17.0 Å².